The van der Waals surface area contributed by atoms with Crippen molar-refractivity contribution in [3.8, 4) is 11.3 Å². The molecule has 0 unspecified atom stereocenters. The molecule has 1 aromatic carbocycles. The van der Waals surface area contributed by atoms with Crippen LogP contribution in [0.15, 0.2) is 29.0 Å². The lowest BCUT2D eigenvalue weighted by atomic mass is 10.1. The summed E-state index contributed by atoms with van der Waals surface area (Å²) in [6.07, 6.45) is 2.02. The zero-order valence-corrected chi connectivity index (χ0v) is 9.03. The van der Waals surface area contributed by atoms with E-state index >= 15 is 0 Å². The third kappa shape index (κ3) is 1.97. The monoisotopic (exact) mass is 220 g/mol. The molecule has 84 valence electrons. The summed E-state index contributed by atoms with van der Waals surface area (Å²) in [7, 11) is 0. The van der Waals surface area contributed by atoms with E-state index in [0.29, 0.717) is 18.5 Å². The highest BCUT2D eigenvalue weighted by Crippen LogP contribution is 2.24. The van der Waals surface area contributed by atoms with Crippen molar-refractivity contribution in [3.05, 3.63) is 41.7 Å². The largest absolute Gasteiger partial charge is 0.448 e. The number of halogens is 1. The Morgan fingerprint density at radius 2 is 2.25 bits per heavy atom. The van der Waals surface area contributed by atoms with Crippen molar-refractivity contribution in [3.63, 3.8) is 0 Å². The highest BCUT2D eigenvalue weighted by Gasteiger charge is 2.10. The standard InChI is InChI=1S/C12H13FN2O/c1-8-6-9(2-3-10(8)13)12-11(4-5-14)16-7-15-12/h2-3,6-7H,4-5,14H2,1H3. The molecule has 0 atom stereocenters. The van der Waals surface area contributed by atoms with Crippen LogP contribution in [0.1, 0.15) is 11.3 Å². The van der Waals surface area contributed by atoms with Crippen molar-refractivity contribution in [1.82, 2.24) is 4.98 Å². The van der Waals surface area contributed by atoms with E-state index in [2.05, 4.69) is 4.98 Å². The van der Waals surface area contributed by atoms with Crippen LogP contribution in [0.3, 0.4) is 0 Å². The van der Waals surface area contributed by atoms with Gasteiger partial charge in [0.15, 0.2) is 6.39 Å². The number of hydrogen-bond donors (Lipinski definition) is 1. The number of aromatic nitrogens is 1. The molecule has 16 heavy (non-hydrogen) atoms. The van der Waals surface area contributed by atoms with E-state index in [1.165, 1.54) is 12.5 Å². The Balaban J connectivity index is 2.42. The molecule has 0 saturated carbocycles. The normalized spacial score (nSPS) is 10.7. The average molecular weight is 220 g/mol. The van der Waals surface area contributed by atoms with E-state index < -0.39 is 0 Å². The number of hydrogen-bond acceptors (Lipinski definition) is 3. The van der Waals surface area contributed by atoms with E-state index in [1.54, 1.807) is 19.1 Å². The number of nitrogens with two attached hydrogens (primary N) is 1. The minimum Gasteiger partial charge on any atom is -0.448 e. The summed E-state index contributed by atoms with van der Waals surface area (Å²) >= 11 is 0. The Morgan fingerprint density at radius 3 is 2.94 bits per heavy atom. The van der Waals surface area contributed by atoms with Crippen LogP contribution in [0.25, 0.3) is 11.3 Å². The average Bonchev–Trinajstić information content (AvgIpc) is 2.71. The van der Waals surface area contributed by atoms with Gasteiger partial charge in [0.1, 0.15) is 17.3 Å². The molecule has 3 nitrogen and oxygen atoms in total. The van der Waals surface area contributed by atoms with Gasteiger partial charge in [0.05, 0.1) is 0 Å². The maximum atomic E-state index is 13.1. The fraction of sp³-hybridized carbons (Fsp3) is 0.250. The number of benzene rings is 1. The summed E-state index contributed by atoms with van der Waals surface area (Å²) in [4.78, 5) is 4.13. The molecule has 1 aromatic heterocycles. The second kappa shape index (κ2) is 4.45. The molecule has 4 heteroatoms. The maximum Gasteiger partial charge on any atom is 0.181 e. The zero-order valence-electron chi connectivity index (χ0n) is 9.03. The molecule has 0 aliphatic rings. The molecule has 0 radical (unpaired) electrons. The predicted octanol–water partition coefficient (Wildman–Crippen LogP) is 2.29. The van der Waals surface area contributed by atoms with Gasteiger partial charge in [0, 0.05) is 12.0 Å². The van der Waals surface area contributed by atoms with Crippen molar-refractivity contribution in [1.29, 1.82) is 0 Å². The molecule has 2 rings (SSSR count). The lowest BCUT2D eigenvalue weighted by Crippen LogP contribution is -2.02. The second-order valence-corrected chi connectivity index (χ2v) is 3.63. The van der Waals surface area contributed by atoms with E-state index in [4.69, 9.17) is 10.2 Å². The Hall–Kier alpha value is -1.68. The van der Waals surface area contributed by atoms with Crippen molar-refractivity contribution in [2.75, 3.05) is 6.54 Å². The molecule has 2 N–H and O–H groups in total. The Kier molecular flexibility index (Phi) is 3.01. The lowest BCUT2D eigenvalue weighted by Gasteiger charge is -2.02. The summed E-state index contributed by atoms with van der Waals surface area (Å²) in [6, 6.07) is 4.89. The van der Waals surface area contributed by atoms with Gasteiger partial charge in [-0.05, 0) is 37.2 Å². The summed E-state index contributed by atoms with van der Waals surface area (Å²) in [6.45, 7) is 2.23. The molecule has 0 aliphatic heterocycles. The summed E-state index contributed by atoms with van der Waals surface area (Å²) in [5.74, 6) is 0.529. The molecule has 1 heterocycles. The number of rotatable bonds is 3. The van der Waals surface area contributed by atoms with Crippen LogP contribution in [0.4, 0.5) is 4.39 Å². The topological polar surface area (TPSA) is 52.0 Å². The van der Waals surface area contributed by atoms with E-state index in [-0.39, 0.29) is 5.82 Å². The minimum absolute atomic E-state index is 0.215. The van der Waals surface area contributed by atoms with Crippen molar-refractivity contribution in [2.45, 2.75) is 13.3 Å². The Morgan fingerprint density at radius 1 is 1.44 bits per heavy atom. The van der Waals surface area contributed by atoms with Crippen LogP contribution >= 0.6 is 0 Å². The third-order valence-electron chi connectivity index (χ3n) is 2.44. The fourth-order valence-electron chi connectivity index (χ4n) is 1.61. The van der Waals surface area contributed by atoms with Gasteiger partial charge in [-0.15, -0.1) is 0 Å². The fourth-order valence-corrected chi connectivity index (χ4v) is 1.61. The van der Waals surface area contributed by atoms with E-state index in [1.807, 2.05) is 0 Å². The maximum absolute atomic E-state index is 13.1. The molecule has 0 bridgehead atoms. The van der Waals surface area contributed by atoms with Crippen LogP contribution < -0.4 is 5.73 Å². The SMILES string of the molecule is Cc1cc(-c2ncoc2CCN)ccc1F. The van der Waals surface area contributed by atoms with Gasteiger partial charge in [-0.3, -0.25) is 0 Å². The van der Waals surface area contributed by atoms with Gasteiger partial charge in [-0.1, -0.05) is 0 Å². The van der Waals surface area contributed by atoms with Crippen LogP contribution in [-0.4, -0.2) is 11.5 Å². The van der Waals surface area contributed by atoms with Gasteiger partial charge in [0.25, 0.3) is 0 Å². The van der Waals surface area contributed by atoms with Gasteiger partial charge >= 0.3 is 0 Å². The smallest absolute Gasteiger partial charge is 0.181 e. The predicted molar refractivity (Wildman–Crippen MR) is 59.4 cm³/mol. The molecule has 2 aromatic rings. The summed E-state index contributed by atoms with van der Waals surface area (Å²) in [5, 5.41) is 0. The number of aryl methyl sites for hydroxylation is 1. The first-order chi connectivity index (χ1) is 7.72. The van der Waals surface area contributed by atoms with Gasteiger partial charge < -0.3 is 10.2 Å². The number of nitrogens with zero attached hydrogens (tertiary/aromatic N) is 1. The highest BCUT2D eigenvalue weighted by atomic mass is 19.1. The first-order valence-corrected chi connectivity index (χ1v) is 5.11. The molecular formula is C12H13FN2O. The summed E-state index contributed by atoms with van der Waals surface area (Å²) in [5.41, 5.74) is 7.67. The van der Waals surface area contributed by atoms with Crippen LogP contribution in [0.5, 0.6) is 0 Å². The van der Waals surface area contributed by atoms with E-state index in [0.717, 1.165) is 17.0 Å². The summed E-state index contributed by atoms with van der Waals surface area (Å²) < 4.78 is 18.4. The molecule has 0 saturated heterocycles. The van der Waals surface area contributed by atoms with Gasteiger partial charge in [-0.25, -0.2) is 9.37 Å². The molecule has 0 amide bonds. The Labute approximate surface area is 93.1 Å². The van der Waals surface area contributed by atoms with Crippen LogP contribution in [0, 0.1) is 12.7 Å². The van der Waals surface area contributed by atoms with Crippen molar-refractivity contribution >= 4 is 0 Å². The molecule has 0 fully saturated rings. The third-order valence-corrected chi connectivity index (χ3v) is 2.44. The number of oxazole rings is 1. The van der Waals surface area contributed by atoms with Crippen molar-refractivity contribution in [2.24, 2.45) is 5.73 Å². The molecular weight excluding hydrogens is 207 g/mol. The Bertz CT molecular complexity index is 494. The highest BCUT2D eigenvalue weighted by molar-refractivity contribution is 5.61. The molecule has 0 spiro atoms. The zero-order chi connectivity index (χ0) is 11.5. The van der Waals surface area contributed by atoms with Gasteiger partial charge in [-0.2, -0.15) is 0 Å². The lowest BCUT2D eigenvalue weighted by molar-refractivity contribution is 0.506. The second-order valence-electron chi connectivity index (χ2n) is 3.63. The van der Waals surface area contributed by atoms with Gasteiger partial charge in [0.2, 0.25) is 0 Å². The molecule has 0 aliphatic carbocycles. The first kappa shape index (κ1) is 10.8. The minimum atomic E-state index is -0.215. The van der Waals surface area contributed by atoms with Crippen molar-refractivity contribution < 1.29 is 8.81 Å². The quantitative estimate of drug-likeness (QED) is 0.863. The first-order valence-electron chi connectivity index (χ1n) is 5.11. The van der Waals surface area contributed by atoms with E-state index in [9.17, 15) is 4.39 Å². The van der Waals surface area contributed by atoms with Crippen LogP contribution in [0.2, 0.25) is 0 Å². The van der Waals surface area contributed by atoms with Crippen LogP contribution in [-0.2, 0) is 6.42 Å².